The molecule has 1 saturated carbocycles. The third-order valence-corrected chi connectivity index (χ3v) is 5.27. The highest BCUT2D eigenvalue weighted by Gasteiger charge is 2.31. The molecular weight excluding hydrogens is 349 g/mol. The monoisotopic (exact) mass is 373 g/mol. The van der Waals surface area contributed by atoms with Gasteiger partial charge in [0.15, 0.2) is 5.75 Å². The fourth-order valence-corrected chi connectivity index (χ4v) is 3.81. The number of amides is 1. The van der Waals surface area contributed by atoms with Crippen molar-refractivity contribution in [1.82, 2.24) is 0 Å². The van der Waals surface area contributed by atoms with Gasteiger partial charge in [0.25, 0.3) is 0 Å². The van der Waals surface area contributed by atoms with E-state index >= 15 is 0 Å². The Morgan fingerprint density at radius 3 is 2.54 bits per heavy atom. The van der Waals surface area contributed by atoms with E-state index in [1.54, 1.807) is 0 Å². The van der Waals surface area contributed by atoms with Crippen molar-refractivity contribution in [2.45, 2.75) is 46.1 Å². The molecule has 1 aromatic rings. The number of anilines is 1. The summed E-state index contributed by atoms with van der Waals surface area (Å²) in [6.45, 7) is 6.64. The number of hydrogen-bond donors (Lipinski definition) is 2. The maximum atomic E-state index is 12.1. The molecule has 1 aliphatic carbocycles. The van der Waals surface area contributed by atoms with Crippen LogP contribution in [-0.2, 0) is 9.53 Å². The topological polar surface area (TPSA) is 58.6 Å². The van der Waals surface area contributed by atoms with Crippen LogP contribution in [0, 0.1) is 17.8 Å². The average Bonchev–Trinajstić information content (AvgIpc) is 2.50. The highest BCUT2D eigenvalue weighted by Crippen LogP contribution is 2.36. The van der Waals surface area contributed by atoms with E-state index in [0.717, 1.165) is 12.8 Å². The molecule has 1 aromatic carbocycles. The summed E-state index contributed by atoms with van der Waals surface area (Å²) in [7, 11) is 0. The van der Waals surface area contributed by atoms with Crippen LogP contribution in [0.4, 0.5) is 5.69 Å². The molecule has 1 aliphatic rings. The molecule has 1 fully saturated rings. The quantitative estimate of drug-likeness (QED) is 0.704. The molecule has 0 aromatic heterocycles. The fourth-order valence-electron chi connectivity index (χ4n) is 3.32. The highest BCUT2D eigenvalue weighted by molar-refractivity contribution is 6.37. The predicted molar refractivity (Wildman–Crippen MR) is 97.8 cm³/mol. The summed E-state index contributed by atoms with van der Waals surface area (Å²) in [5.41, 5.74) is 0.439. The standard InChI is InChI=1S/C18H25Cl2NO3/c1-10(2)13-5-4-11(3)6-16(13)24-9-17(22)21-12-7-14(19)18(23)15(20)8-12/h7-8,10-11,13,16,23H,4-6,9H2,1-3H3,(H,21,22). The van der Waals surface area contributed by atoms with E-state index in [1.165, 1.54) is 18.6 Å². The summed E-state index contributed by atoms with van der Waals surface area (Å²) < 4.78 is 5.92. The van der Waals surface area contributed by atoms with Crippen molar-refractivity contribution in [3.05, 3.63) is 22.2 Å². The Hall–Kier alpha value is -0.970. The Morgan fingerprint density at radius 2 is 1.96 bits per heavy atom. The number of halogens is 2. The number of rotatable bonds is 5. The van der Waals surface area contributed by atoms with Gasteiger partial charge in [-0.15, -0.1) is 0 Å². The van der Waals surface area contributed by atoms with E-state index in [4.69, 9.17) is 27.9 Å². The van der Waals surface area contributed by atoms with Crippen molar-refractivity contribution < 1.29 is 14.6 Å². The van der Waals surface area contributed by atoms with Gasteiger partial charge in [0.2, 0.25) is 5.91 Å². The molecule has 0 spiro atoms. The number of carbonyl (C=O) groups is 1. The number of ether oxygens (including phenoxy) is 1. The van der Waals surface area contributed by atoms with Crippen LogP contribution < -0.4 is 5.32 Å². The minimum absolute atomic E-state index is 0.00325. The van der Waals surface area contributed by atoms with Crippen molar-refractivity contribution in [2.24, 2.45) is 17.8 Å². The molecule has 134 valence electrons. The lowest BCUT2D eigenvalue weighted by molar-refractivity contribution is -0.126. The van der Waals surface area contributed by atoms with E-state index in [-0.39, 0.29) is 34.4 Å². The minimum atomic E-state index is -0.256. The second-order valence-corrected chi connectivity index (χ2v) is 7.83. The van der Waals surface area contributed by atoms with Gasteiger partial charge in [-0.05, 0) is 42.7 Å². The van der Waals surface area contributed by atoms with Gasteiger partial charge in [0.05, 0.1) is 16.1 Å². The van der Waals surface area contributed by atoms with Crippen LogP contribution in [0.25, 0.3) is 0 Å². The number of aromatic hydroxyl groups is 1. The number of phenols is 1. The van der Waals surface area contributed by atoms with Gasteiger partial charge < -0.3 is 15.2 Å². The smallest absolute Gasteiger partial charge is 0.250 e. The van der Waals surface area contributed by atoms with Crippen molar-refractivity contribution in [3.8, 4) is 5.75 Å². The summed E-state index contributed by atoms with van der Waals surface area (Å²) in [5.74, 6) is 1.21. The summed E-state index contributed by atoms with van der Waals surface area (Å²) in [6, 6.07) is 2.92. The first kappa shape index (κ1) is 19.4. The Labute approximate surface area is 153 Å². The lowest BCUT2D eigenvalue weighted by atomic mass is 9.75. The molecule has 2 N–H and O–H groups in total. The summed E-state index contributed by atoms with van der Waals surface area (Å²) in [6.07, 6.45) is 3.48. The molecule has 0 bridgehead atoms. The van der Waals surface area contributed by atoms with Crippen molar-refractivity contribution in [3.63, 3.8) is 0 Å². The van der Waals surface area contributed by atoms with Crippen molar-refractivity contribution >= 4 is 34.8 Å². The van der Waals surface area contributed by atoms with Gasteiger partial charge in [-0.3, -0.25) is 4.79 Å². The maximum absolute atomic E-state index is 12.1. The van der Waals surface area contributed by atoms with Crippen LogP contribution in [0.3, 0.4) is 0 Å². The minimum Gasteiger partial charge on any atom is -0.505 e. The molecule has 0 saturated heterocycles. The van der Waals surface area contributed by atoms with E-state index in [1.807, 2.05) is 0 Å². The van der Waals surface area contributed by atoms with Gasteiger partial charge in [0, 0.05) is 5.69 Å². The number of nitrogens with one attached hydrogen (secondary N) is 1. The predicted octanol–water partition coefficient (Wildman–Crippen LogP) is 5.11. The summed E-state index contributed by atoms with van der Waals surface area (Å²) in [4.78, 5) is 12.1. The first-order valence-corrected chi connectivity index (χ1v) is 9.13. The summed E-state index contributed by atoms with van der Waals surface area (Å²) in [5, 5.41) is 12.4. The fraction of sp³-hybridized carbons (Fsp3) is 0.611. The molecule has 0 radical (unpaired) electrons. The average molecular weight is 374 g/mol. The molecule has 4 nitrogen and oxygen atoms in total. The Morgan fingerprint density at radius 1 is 1.33 bits per heavy atom. The number of carbonyl (C=O) groups excluding carboxylic acids is 1. The van der Waals surface area contributed by atoms with E-state index in [9.17, 15) is 9.90 Å². The lowest BCUT2D eigenvalue weighted by Crippen LogP contribution is -2.36. The second-order valence-electron chi connectivity index (χ2n) is 7.01. The number of hydrogen-bond acceptors (Lipinski definition) is 3. The molecule has 0 aliphatic heterocycles. The van der Waals surface area contributed by atoms with Crippen LogP contribution in [0.1, 0.15) is 40.0 Å². The van der Waals surface area contributed by atoms with Crippen LogP contribution in [-0.4, -0.2) is 23.7 Å². The highest BCUT2D eigenvalue weighted by atomic mass is 35.5. The molecule has 3 atom stereocenters. The van der Waals surface area contributed by atoms with E-state index < -0.39 is 0 Å². The first-order valence-electron chi connectivity index (χ1n) is 8.37. The Kier molecular flexibility index (Phi) is 6.79. The number of benzene rings is 1. The van der Waals surface area contributed by atoms with Gasteiger partial charge in [-0.25, -0.2) is 0 Å². The van der Waals surface area contributed by atoms with Gasteiger partial charge >= 0.3 is 0 Å². The molecule has 24 heavy (non-hydrogen) atoms. The Balaban J connectivity index is 1.92. The second kappa shape index (κ2) is 8.41. The third kappa shape index (κ3) is 5.01. The van der Waals surface area contributed by atoms with Crippen molar-refractivity contribution in [1.29, 1.82) is 0 Å². The van der Waals surface area contributed by atoms with Gasteiger partial charge in [-0.2, -0.15) is 0 Å². The maximum Gasteiger partial charge on any atom is 0.250 e. The lowest BCUT2D eigenvalue weighted by Gasteiger charge is -2.37. The zero-order valence-corrected chi connectivity index (χ0v) is 15.8. The Bertz CT molecular complexity index is 569. The SMILES string of the molecule is CC1CCC(C(C)C)C(OCC(=O)Nc2cc(Cl)c(O)c(Cl)c2)C1. The molecular formula is C18H25Cl2NO3. The first-order chi connectivity index (χ1) is 11.3. The van der Waals surface area contributed by atoms with E-state index in [2.05, 4.69) is 26.1 Å². The van der Waals surface area contributed by atoms with Crippen LogP contribution in [0.2, 0.25) is 10.0 Å². The van der Waals surface area contributed by atoms with Gasteiger partial charge in [-0.1, -0.05) is 50.4 Å². The summed E-state index contributed by atoms with van der Waals surface area (Å²) >= 11 is 11.7. The van der Waals surface area contributed by atoms with Crippen LogP contribution >= 0.6 is 23.2 Å². The number of phenolic OH excluding ortho intramolecular Hbond substituents is 1. The van der Waals surface area contributed by atoms with Crippen molar-refractivity contribution in [2.75, 3.05) is 11.9 Å². The third-order valence-electron chi connectivity index (χ3n) is 4.69. The zero-order valence-electron chi connectivity index (χ0n) is 14.3. The van der Waals surface area contributed by atoms with Crippen LogP contribution in [0.5, 0.6) is 5.75 Å². The van der Waals surface area contributed by atoms with Gasteiger partial charge in [0.1, 0.15) is 6.61 Å². The largest absolute Gasteiger partial charge is 0.505 e. The van der Waals surface area contributed by atoms with E-state index in [0.29, 0.717) is 23.4 Å². The molecule has 1 amide bonds. The molecule has 3 unspecified atom stereocenters. The molecule has 0 heterocycles. The molecule has 2 rings (SSSR count). The van der Waals surface area contributed by atoms with Crippen LogP contribution in [0.15, 0.2) is 12.1 Å². The normalized spacial score (nSPS) is 24.2. The molecule has 6 heteroatoms. The zero-order chi connectivity index (χ0) is 17.9.